The lowest BCUT2D eigenvalue weighted by atomic mass is 9.78. The summed E-state index contributed by atoms with van der Waals surface area (Å²) < 4.78 is 12.3. The van der Waals surface area contributed by atoms with Crippen LogP contribution < -0.4 is 15.0 Å². The highest BCUT2D eigenvalue weighted by atomic mass is 16.6. The van der Waals surface area contributed by atoms with Crippen molar-refractivity contribution in [2.75, 3.05) is 23.9 Å². The average molecular weight is 585 g/mol. The Labute approximate surface area is 258 Å². The van der Waals surface area contributed by atoms with Gasteiger partial charge in [-0.2, -0.15) is 0 Å². The van der Waals surface area contributed by atoms with E-state index in [2.05, 4.69) is 55.3 Å². The molecule has 0 saturated heterocycles. The molecule has 0 radical (unpaired) electrons. The molecular formula is C38H36N2O4. The molecule has 44 heavy (non-hydrogen) atoms. The summed E-state index contributed by atoms with van der Waals surface area (Å²) >= 11 is 0. The maximum atomic E-state index is 13.5. The highest BCUT2D eigenvalue weighted by Crippen LogP contribution is 2.53. The summed E-state index contributed by atoms with van der Waals surface area (Å²) in [5.41, 5.74) is 7.57. The van der Waals surface area contributed by atoms with Crippen molar-refractivity contribution in [3.63, 3.8) is 0 Å². The molecular weight excluding hydrogens is 548 g/mol. The van der Waals surface area contributed by atoms with E-state index in [-0.39, 0.29) is 5.75 Å². The molecule has 0 fully saturated rings. The van der Waals surface area contributed by atoms with E-state index in [4.69, 9.17) is 9.47 Å². The molecule has 5 aromatic rings. The summed E-state index contributed by atoms with van der Waals surface area (Å²) in [5, 5.41) is 15.3. The second kappa shape index (κ2) is 11.5. The normalized spacial score (nSPS) is 15.4. The molecule has 2 N–H and O–H groups in total. The molecule has 1 aliphatic heterocycles. The Morgan fingerprint density at radius 1 is 0.795 bits per heavy atom. The zero-order chi connectivity index (χ0) is 31.0. The van der Waals surface area contributed by atoms with Crippen LogP contribution in [0.5, 0.6) is 11.5 Å². The van der Waals surface area contributed by atoms with Crippen LogP contribution in [0.25, 0.3) is 0 Å². The summed E-state index contributed by atoms with van der Waals surface area (Å²) in [4.78, 5) is 15.6. The number of carbonyl (C=O) groups is 1. The Balaban J connectivity index is 1.55. The van der Waals surface area contributed by atoms with Crippen LogP contribution in [-0.2, 0) is 10.3 Å². The van der Waals surface area contributed by atoms with Crippen molar-refractivity contribution in [1.82, 2.24) is 0 Å². The number of benzene rings is 5. The Morgan fingerprint density at radius 2 is 1.45 bits per heavy atom. The number of rotatable bonds is 8. The second-order valence-electron chi connectivity index (χ2n) is 11.3. The topological polar surface area (TPSA) is 71.0 Å². The van der Waals surface area contributed by atoms with Crippen LogP contribution in [0.1, 0.15) is 50.7 Å². The van der Waals surface area contributed by atoms with Gasteiger partial charge in [-0.05, 0) is 87.9 Å². The Morgan fingerprint density at radius 3 is 2.11 bits per heavy atom. The van der Waals surface area contributed by atoms with E-state index >= 15 is 0 Å². The number of ether oxygens (including phenoxy) is 2. The van der Waals surface area contributed by atoms with Gasteiger partial charge in [-0.3, -0.25) is 0 Å². The van der Waals surface area contributed by atoms with Gasteiger partial charge in [-0.25, -0.2) is 4.79 Å². The van der Waals surface area contributed by atoms with Crippen LogP contribution in [0.4, 0.5) is 22.7 Å². The number of carbonyl (C=O) groups excluding carboxylic acids is 1. The first kappa shape index (κ1) is 28.9. The van der Waals surface area contributed by atoms with Crippen molar-refractivity contribution in [2.24, 2.45) is 0 Å². The highest BCUT2D eigenvalue weighted by Gasteiger charge is 2.51. The zero-order valence-corrected chi connectivity index (χ0v) is 25.6. The fourth-order valence-electron chi connectivity index (χ4n) is 6.04. The Kier molecular flexibility index (Phi) is 7.52. The van der Waals surface area contributed by atoms with Crippen LogP contribution in [0.3, 0.4) is 0 Å². The van der Waals surface area contributed by atoms with E-state index in [9.17, 15) is 9.90 Å². The molecule has 1 unspecified atom stereocenters. The largest absolute Gasteiger partial charge is 0.507 e. The average Bonchev–Trinajstić information content (AvgIpc) is 3.33. The molecule has 1 heterocycles. The quantitative estimate of drug-likeness (QED) is 0.178. The SMILES string of the molecule is CCN(c1ccc(C)cc1)c1ccc(C2(c3cc(Nc4ccc(C)cc4)c(C)cc3OC)OC(=O)c3ccccc32)c(O)c1. The number of cyclic esters (lactones) is 1. The van der Waals surface area contributed by atoms with Crippen molar-refractivity contribution >= 4 is 28.7 Å². The molecule has 5 aromatic carbocycles. The van der Waals surface area contributed by atoms with Crippen LogP contribution in [0.15, 0.2) is 103 Å². The predicted molar refractivity (Wildman–Crippen MR) is 176 cm³/mol. The van der Waals surface area contributed by atoms with E-state index in [1.165, 1.54) is 11.1 Å². The van der Waals surface area contributed by atoms with E-state index in [1.807, 2.05) is 73.7 Å². The monoisotopic (exact) mass is 584 g/mol. The molecule has 0 amide bonds. The fraction of sp³-hybridized carbons (Fsp3) is 0.184. The maximum absolute atomic E-state index is 13.5. The number of fused-ring (bicyclic) bond motifs is 1. The first-order valence-electron chi connectivity index (χ1n) is 14.8. The maximum Gasteiger partial charge on any atom is 0.340 e. The van der Waals surface area contributed by atoms with Crippen LogP contribution in [-0.4, -0.2) is 24.7 Å². The van der Waals surface area contributed by atoms with Gasteiger partial charge in [0.05, 0.1) is 12.7 Å². The van der Waals surface area contributed by atoms with Gasteiger partial charge in [0.25, 0.3) is 0 Å². The first-order valence-corrected chi connectivity index (χ1v) is 14.8. The third kappa shape index (κ3) is 4.92. The van der Waals surface area contributed by atoms with Crippen LogP contribution >= 0.6 is 0 Å². The van der Waals surface area contributed by atoms with Gasteiger partial charge < -0.3 is 24.8 Å². The second-order valence-corrected chi connectivity index (χ2v) is 11.3. The van der Waals surface area contributed by atoms with E-state index in [0.29, 0.717) is 34.5 Å². The lowest BCUT2D eigenvalue weighted by Gasteiger charge is -2.33. The van der Waals surface area contributed by atoms with Gasteiger partial charge in [0, 0.05) is 52.1 Å². The van der Waals surface area contributed by atoms with Crippen molar-refractivity contribution < 1.29 is 19.4 Å². The standard InChI is InChI=1S/C38H36N2O4/c1-6-40(28-17-13-25(3)14-18-28)29-19-20-32(35(41)22-29)38(31-10-8-7-9-30(31)37(42)44-38)33-23-34(26(4)21-36(33)43-5)39-27-15-11-24(2)12-16-27/h7-23,39,41H,6H2,1-5H3. The van der Waals surface area contributed by atoms with Crippen LogP contribution in [0.2, 0.25) is 0 Å². The van der Waals surface area contributed by atoms with Gasteiger partial charge in [-0.15, -0.1) is 0 Å². The summed E-state index contributed by atoms with van der Waals surface area (Å²) in [7, 11) is 1.60. The fourth-order valence-corrected chi connectivity index (χ4v) is 6.04. The van der Waals surface area contributed by atoms with Crippen molar-refractivity contribution in [2.45, 2.75) is 33.3 Å². The van der Waals surface area contributed by atoms with Gasteiger partial charge in [0.15, 0.2) is 5.60 Å². The number of phenols is 1. The van der Waals surface area contributed by atoms with E-state index < -0.39 is 11.6 Å². The third-order valence-electron chi connectivity index (χ3n) is 8.36. The molecule has 0 aliphatic carbocycles. The number of hydrogen-bond donors (Lipinski definition) is 2. The predicted octanol–water partition coefficient (Wildman–Crippen LogP) is 8.69. The number of hydrogen-bond acceptors (Lipinski definition) is 6. The third-order valence-corrected chi connectivity index (χ3v) is 8.36. The van der Waals surface area contributed by atoms with Gasteiger partial charge in [-0.1, -0.05) is 53.6 Å². The Bertz CT molecular complexity index is 1850. The number of anilines is 4. The number of nitrogens with one attached hydrogen (secondary N) is 1. The molecule has 1 atom stereocenters. The summed E-state index contributed by atoms with van der Waals surface area (Å²) in [6.45, 7) is 8.88. The van der Waals surface area contributed by atoms with Crippen molar-refractivity contribution in [3.05, 3.63) is 142 Å². The van der Waals surface area contributed by atoms with E-state index in [1.54, 1.807) is 19.2 Å². The van der Waals surface area contributed by atoms with Gasteiger partial charge in [0.2, 0.25) is 0 Å². The highest BCUT2D eigenvalue weighted by molar-refractivity contribution is 5.97. The number of nitrogens with zero attached hydrogens (tertiary/aromatic N) is 1. The molecule has 1 aliphatic rings. The molecule has 0 spiro atoms. The molecule has 6 rings (SSSR count). The van der Waals surface area contributed by atoms with Crippen molar-refractivity contribution in [3.8, 4) is 11.5 Å². The molecule has 0 saturated carbocycles. The molecule has 0 aromatic heterocycles. The lowest BCUT2D eigenvalue weighted by molar-refractivity contribution is 0.0239. The first-order chi connectivity index (χ1) is 21.2. The van der Waals surface area contributed by atoms with E-state index in [0.717, 1.165) is 28.3 Å². The minimum Gasteiger partial charge on any atom is -0.507 e. The zero-order valence-electron chi connectivity index (χ0n) is 25.6. The summed E-state index contributed by atoms with van der Waals surface area (Å²) in [5.74, 6) is 0.0857. The van der Waals surface area contributed by atoms with Gasteiger partial charge in [0.1, 0.15) is 11.5 Å². The number of aromatic hydroxyl groups is 1. The Hall–Kier alpha value is -5.23. The summed E-state index contributed by atoms with van der Waals surface area (Å²) in [6, 6.07) is 33.2. The molecule has 6 nitrogen and oxygen atoms in total. The number of methoxy groups -OCH3 is 1. The molecule has 6 heteroatoms. The van der Waals surface area contributed by atoms with Crippen LogP contribution in [0, 0.1) is 20.8 Å². The number of aryl methyl sites for hydroxylation is 3. The smallest absolute Gasteiger partial charge is 0.340 e. The van der Waals surface area contributed by atoms with Crippen molar-refractivity contribution in [1.29, 1.82) is 0 Å². The minimum atomic E-state index is -1.46. The van der Waals surface area contributed by atoms with Gasteiger partial charge >= 0.3 is 5.97 Å². The molecule has 222 valence electrons. The molecule has 0 bridgehead atoms. The summed E-state index contributed by atoms with van der Waals surface area (Å²) in [6.07, 6.45) is 0. The number of esters is 1. The minimum absolute atomic E-state index is 0.00763. The lowest BCUT2D eigenvalue weighted by Crippen LogP contribution is -2.30. The number of phenolic OH excluding ortho intramolecular Hbond substituents is 1.